The van der Waals surface area contributed by atoms with Crippen LogP contribution < -0.4 is 0 Å². The van der Waals surface area contributed by atoms with Gasteiger partial charge in [0.05, 0.1) is 0 Å². The summed E-state index contributed by atoms with van der Waals surface area (Å²) in [6, 6.07) is 3.03. The summed E-state index contributed by atoms with van der Waals surface area (Å²) in [5.74, 6) is 0. The summed E-state index contributed by atoms with van der Waals surface area (Å²) >= 11 is 1.79. The molecule has 0 bridgehead atoms. The Morgan fingerprint density at radius 3 is 2.50 bits per heavy atom. The van der Waals surface area contributed by atoms with Crippen LogP contribution in [0.1, 0.15) is 56.9 Å². The summed E-state index contributed by atoms with van der Waals surface area (Å²) in [6.07, 6.45) is 10.5. The first kappa shape index (κ1) is 14.6. The molecule has 112 valence electrons. The van der Waals surface area contributed by atoms with Crippen molar-refractivity contribution in [2.24, 2.45) is 5.41 Å². The maximum Gasteiger partial charge on any atom is 0.0499 e. The molecule has 1 heterocycles. The van der Waals surface area contributed by atoms with Gasteiger partial charge in [-0.3, -0.25) is 4.90 Å². The number of aliphatic hydroxyl groups excluding tert-OH is 1. The van der Waals surface area contributed by atoms with Crippen LogP contribution in [0.5, 0.6) is 0 Å². The molecule has 0 unspecified atom stereocenters. The van der Waals surface area contributed by atoms with Gasteiger partial charge in [0.1, 0.15) is 0 Å². The summed E-state index contributed by atoms with van der Waals surface area (Å²) in [4.78, 5) is 2.66. The first-order valence-corrected chi connectivity index (χ1v) is 9.12. The molecular formula is C17H27NOS. The fourth-order valence-corrected chi connectivity index (χ4v) is 4.31. The zero-order chi connectivity index (χ0) is 13.8. The van der Waals surface area contributed by atoms with Crippen LogP contribution in [-0.4, -0.2) is 29.2 Å². The van der Waals surface area contributed by atoms with E-state index in [1.165, 1.54) is 56.9 Å². The van der Waals surface area contributed by atoms with Crippen LogP contribution in [0, 0.1) is 5.41 Å². The Morgan fingerprint density at radius 2 is 1.95 bits per heavy atom. The quantitative estimate of drug-likeness (QED) is 0.800. The van der Waals surface area contributed by atoms with Crippen molar-refractivity contribution in [3.05, 3.63) is 22.4 Å². The van der Waals surface area contributed by atoms with Crippen LogP contribution >= 0.6 is 11.3 Å². The maximum absolute atomic E-state index is 10.0. The number of hydrogen-bond acceptors (Lipinski definition) is 3. The van der Waals surface area contributed by atoms with Crippen molar-refractivity contribution in [1.82, 2.24) is 4.90 Å². The third-order valence-electron chi connectivity index (χ3n) is 5.07. The normalized spacial score (nSPS) is 22.9. The third kappa shape index (κ3) is 3.63. The van der Waals surface area contributed by atoms with E-state index in [-0.39, 0.29) is 5.41 Å². The first-order valence-electron chi connectivity index (χ1n) is 8.17. The summed E-state index contributed by atoms with van der Waals surface area (Å²) in [7, 11) is 0. The van der Waals surface area contributed by atoms with Crippen molar-refractivity contribution < 1.29 is 5.11 Å². The van der Waals surface area contributed by atoms with Gasteiger partial charge in [-0.15, -0.1) is 0 Å². The zero-order valence-corrected chi connectivity index (χ0v) is 13.2. The van der Waals surface area contributed by atoms with Crippen molar-refractivity contribution in [3.8, 4) is 0 Å². The van der Waals surface area contributed by atoms with Gasteiger partial charge in [0, 0.05) is 31.2 Å². The molecule has 1 aromatic rings. The molecule has 2 saturated carbocycles. The Bertz CT molecular complexity index is 391. The van der Waals surface area contributed by atoms with E-state index < -0.39 is 0 Å². The number of rotatable bonds is 6. The molecule has 0 spiro atoms. The summed E-state index contributed by atoms with van der Waals surface area (Å²) in [5, 5.41) is 14.5. The molecule has 2 fully saturated rings. The number of nitrogens with zero attached hydrogens (tertiary/aromatic N) is 1. The Kier molecular flexibility index (Phi) is 4.79. The van der Waals surface area contributed by atoms with Crippen LogP contribution in [0.25, 0.3) is 0 Å². The van der Waals surface area contributed by atoms with Gasteiger partial charge in [0.25, 0.3) is 0 Å². The lowest BCUT2D eigenvalue weighted by atomic mass is 9.80. The molecular weight excluding hydrogens is 266 g/mol. The predicted molar refractivity (Wildman–Crippen MR) is 85.0 cm³/mol. The lowest BCUT2D eigenvalue weighted by Crippen LogP contribution is -2.41. The number of aliphatic hydroxyl groups is 1. The molecule has 0 saturated heterocycles. The topological polar surface area (TPSA) is 23.5 Å². The molecule has 1 aromatic heterocycles. The first-order chi connectivity index (χ1) is 9.81. The highest BCUT2D eigenvalue weighted by molar-refractivity contribution is 7.07. The Labute approximate surface area is 126 Å². The molecule has 2 aliphatic rings. The molecule has 1 N–H and O–H groups in total. The molecule has 0 aliphatic heterocycles. The Hall–Kier alpha value is -0.380. The van der Waals surface area contributed by atoms with Crippen molar-refractivity contribution in [1.29, 1.82) is 0 Å². The highest BCUT2D eigenvalue weighted by Crippen LogP contribution is 2.39. The second kappa shape index (κ2) is 6.59. The van der Waals surface area contributed by atoms with Gasteiger partial charge in [-0.05, 0) is 48.1 Å². The van der Waals surface area contributed by atoms with Crippen LogP contribution in [0.4, 0.5) is 0 Å². The predicted octanol–water partition coefficient (Wildman–Crippen LogP) is 4.05. The fraction of sp³-hybridized carbons (Fsp3) is 0.765. The van der Waals surface area contributed by atoms with E-state index in [0.717, 1.165) is 19.1 Å². The van der Waals surface area contributed by atoms with Crippen molar-refractivity contribution >= 4 is 11.3 Å². The summed E-state index contributed by atoms with van der Waals surface area (Å²) in [6.45, 7) is 2.56. The lowest BCUT2D eigenvalue weighted by molar-refractivity contribution is 0.0529. The van der Waals surface area contributed by atoms with E-state index in [0.29, 0.717) is 6.61 Å². The molecule has 0 aromatic carbocycles. The molecule has 3 heteroatoms. The number of thiophene rings is 1. The lowest BCUT2D eigenvalue weighted by Gasteiger charge is -2.37. The monoisotopic (exact) mass is 293 g/mol. The fourth-order valence-electron chi connectivity index (χ4n) is 3.65. The van der Waals surface area contributed by atoms with E-state index in [2.05, 4.69) is 21.7 Å². The molecule has 2 nitrogen and oxygen atoms in total. The third-order valence-corrected chi connectivity index (χ3v) is 5.80. The van der Waals surface area contributed by atoms with Crippen LogP contribution in [0.15, 0.2) is 16.8 Å². The highest BCUT2D eigenvalue weighted by atomic mass is 32.1. The van der Waals surface area contributed by atoms with E-state index in [9.17, 15) is 5.11 Å². The van der Waals surface area contributed by atoms with Crippen molar-refractivity contribution in [2.75, 3.05) is 13.2 Å². The second-order valence-corrected chi connectivity index (χ2v) is 7.62. The van der Waals surface area contributed by atoms with Crippen molar-refractivity contribution in [2.45, 2.75) is 64.0 Å². The van der Waals surface area contributed by atoms with E-state index in [1.54, 1.807) is 11.3 Å². The zero-order valence-electron chi connectivity index (χ0n) is 12.4. The van der Waals surface area contributed by atoms with E-state index >= 15 is 0 Å². The second-order valence-electron chi connectivity index (χ2n) is 6.84. The van der Waals surface area contributed by atoms with Gasteiger partial charge in [0.2, 0.25) is 0 Å². The van der Waals surface area contributed by atoms with Crippen LogP contribution in [0.2, 0.25) is 0 Å². The molecule has 0 amide bonds. The molecule has 2 aliphatic carbocycles. The van der Waals surface area contributed by atoms with E-state index in [1.807, 2.05) is 0 Å². The van der Waals surface area contributed by atoms with Crippen LogP contribution in [-0.2, 0) is 6.54 Å². The van der Waals surface area contributed by atoms with Gasteiger partial charge >= 0.3 is 0 Å². The largest absolute Gasteiger partial charge is 0.396 e. The van der Waals surface area contributed by atoms with Gasteiger partial charge < -0.3 is 5.11 Å². The maximum atomic E-state index is 10.0. The molecule has 0 atom stereocenters. The van der Waals surface area contributed by atoms with Gasteiger partial charge in [-0.1, -0.05) is 25.7 Å². The van der Waals surface area contributed by atoms with Gasteiger partial charge in [-0.25, -0.2) is 0 Å². The highest BCUT2D eigenvalue weighted by Gasteiger charge is 2.37. The average Bonchev–Trinajstić information content (AvgIpc) is 3.23. The number of hydrogen-bond donors (Lipinski definition) is 1. The van der Waals surface area contributed by atoms with Gasteiger partial charge in [-0.2, -0.15) is 11.3 Å². The summed E-state index contributed by atoms with van der Waals surface area (Å²) in [5.41, 5.74) is 1.62. The smallest absolute Gasteiger partial charge is 0.0499 e. The van der Waals surface area contributed by atoms with Crippen LogP contribution in [0.3, 0.4) is 0 Å². The van der Waals surface area contributed by atoms with Crippen molar-refractivity contribution in [3.63, 3.8) is 0 Å². The minimum absolute atomic E-state index is 0.176. The standard InChI is InChI=1S/C17H27NOS/c19-14-17(8-3-1-2-4-9-17)13-18(16-5-6-16)11-15-7-10-20-12-15/h7,10,12,16,19H,1-6,8-9,11,13-14H2. The SMILES string of the molecule is OCC1(CN(Cc2ccsc2)C2CC2)CCCCCC1. The average molecular weight is 293 g/mol. The van der Waals surface area contributed by atoms with E-state index in [4.69, 9.17) is 0 Å². The molecule has 0 radical (unpaired) electrons. The Morgan fingerprint density at radius 1 is 1.20 bits per heavy atom. The molecule has 3 rings (SSSR count). The Balaban J connectivity index is 1.67. The summed E-state index contributed by atoms with van der Waals surface area (Å²) < 4.78 is 0. The minimum Gasteiger partial charge on any atom is -0.396 e. The molecule has 20 heavy (non-hydrogen) atoms. The van der Waals surface area contributed by atoms with Gasteiger partial charge in [0.15, 0.2) is 0 Å². The minimum atomic E-state index is 0.176.